The summed E-state index contributed by atoms with van der Waals surface area (Å²) in [6.45, 7) is 3.55. The normalized spacial score (nSPS) is 10.9. The lowest BCUT2D eigenvalue weighted by atomic mass is 10.1. The number of anilines is 2. The molecule has 0 saturated carbocycles. The third-order valence-corrected chi connectivity index (χ3v) is 5.02. The zero-order valence-electron chi connectivity index (χ0n) is 16.8. The number of phenols is 1. The molecule has 0 saturated heterocycles. The fraction of sp³-hybridized carbons (Fsp3) is 0.130. The quantitative estimate of drug-likeness (QED) is 0.402. The summed E-state index contributed by atoms with van der Waals surface area (Å²) in [6, 6.07) is 10.3. The van der Waals surface area contributed by atoms with Crippen molar-refractivity contribution in [2.45, 2.75) is 20.4 Å². The number of hydrogen-bond donors (Lipinski definition) is 3. The van der Waals surface area contributed by atoms with E-state index in [1.165, 1.54) is 42.7 Å². The van der Waals surface area contributed by atoms with Gasteiger partial charge in [-0.05, 0) is 55.8 Å². The smallest absolute Gasteiger partial charge is 0.336 e. The van der Waals surface area contributed by atoms with Gasteiger partial charge >= 0.3 is 5.63 Å². The van der Waals surface area contributed by atoms with E-state index >= 15 is 0 Å². The number of carbonyl (C=O) groups is 1. The second-order valence-electron chi connectivity index (χ2n) is 7.07. The molecular formula is C23H19FN2O5. The van der Waals surface area contributed by atoms with E-state index in [-0.39, 0.29) is 18.0 Å². The maximum Gasteiger partial charge on any atom is 0.336 e. The van der Waals surface area contributed by atoms with Crippen LogP contribution in [0.5, 0.6) is 5.75 Å². The second-order valence-corrected chi connectivity index (χ2v) is 7.07. The van der Waals surface area contributed by atoms with Crippen molar-refractivity contribution in [2.75, 3.05) is 10.6 Å². The number of rotatable bonds is 5. The highest BCUT2D eigenvalue weighted by Gasteiger charge is 2.15. The molecule has 2 aromatic carbocycles. The molecule has 0 radical (unpaired) electrons. The van der Waals surface area contributed by atoms with Gasteiger partial charge in [0, 0.05) is 29.2 Å². The zero-order chi connectivity index (χ0) is 22.1. The zero-order valence-corrected chi connectivity index (χ0v) is 16.8. The number of carbonyl (C=O) groups excluding carboxylic acids is 1. The van der Waals surface area contributed by atoms with Crippen LogP contribution in [0.2, 0.25) is 0 Å². The van der Waals surface area contributed by atoms with Gasteiger partial charge in [-0.15, -0.1) is 0 Å². The molecule has 4 aromatic rings. The average Bonchev–Trinajstić information content (AvgIpc) is 3.17. The van der Waals surface area contributed by atoms with Gasteiger partial charge in [-0.3, -0.25) is 4.79 Å². The first-order valence-corrected chi connectivity index (χ1v) is 9.47. The highest BCUT2D eigenvalue weighted by Crippen LogP contribution is 2.28. The van der Waals surface area contributed by atoms with Crippen molar-refractivity contribution in [2.24, 2.45) is 0 Å². The Kier molecular flexibility index (Phi) is 5.21. The number of furan rings is 1. The molecule has 2 heterocycles. The van der Waals surface area contributed by atoms with Crippen LogP contribution in [0, 0.1) is 19.7 Å². The van der Waals surface area contributed by atoms with Crippen LogP contribution in [0.1, 0.15) is 27.2 Å². The number of aryl methyl sites for hydroxylation is 2. The molecular weight excluding hydrogens is 403 g/mol. The molecule has 1 amide bonds. The summed E-state index contributed by atoms with van der Waals surface area (Å²) in [4.78, 5) is 24.3. The lowest BCUT2D eigenvalue weighted by Gasteiger charge is -2.12. The molecule has 3 N–H and O–H groups in total. The van der Waals surface area contributed by atoms with Crippen LogP contribution >= 0.6 is 0 Å². The Morgan fingerprint density at radius 2 is 1.94 bits per heavy atom. The van der Waals surface area contributed by atoms with E-state index in [9.17, 15) is 19.1 Å². The van der Waals surface area contributed by atoms with E-state index in [2.05, 4.69) is 10.6 Å². The number of fused-ring (bicyclic) bond motifs is 1. The number of halogens is 1. The van der Waals surface area contributed by atoms with Gasteiger partial charge in [0.2, 0.25) is 0 Å². The Morgan fingerprint density at radius 1 is 1.13 bits per heavy atom. The minimum absolute atomic E-state index is 0.00815. The minimum atomic E-state index is -0.586. The first-order valence-electron chi connectivity index (χ1n) is 9.47. The Bertz CT molecular complexity index is 1360. The van der Waals surface area contributed by atoms with Gasteiger partial charge < -0.3 is 24.6 Å². The van der Waals surface area contributed by atoms with Crippen molar-refractivity contribution in [3.05, 3.63) is 87.4 Å². The first-order chi connectivity index (χ1) is 14.8. The molecule has 0 fully saturated rings. The lowest BCUT2D eigenvalue weighted by molar-refractivity contribution is 0.102. The van der Waals surface area contributed by atoms with Gasteiger partial charge in [-0.25, -0.2) is 9.18 Å². The van der Waals surface area contributed by atoms with Crippen LogP contribution in [0.4, 0.5) is 15.8 Å². The van der Waals surface area contributed by atoms with Crippen LogP contribution < -0.4 is 16.3 Å². The van der Waals surface area contributed by atoms with Crippen LogP contribution in [0.3, 0.4) is 0 Å². The number of nitrogens with one attached hydrogen (secondary N) is 2. The van der Waals surface area contributed by atoms with Gasteiger partial charge in [-0.1, -0.05) is 0 Å². The summed E-state index contributed by atoms with van der Waals surface area (Å²) in [6.07, 6.45) is 1.39. The third-order valence-electron chi connectivity index (χ3n) is 5.02. The third kappa shape index (κ3) is 4.00. The summed E-state index contributed by atoms with van der Waals surface area (Å²) >= 11 is 0. The van der Waals surface area contributed by atoms with E-state index in [1.54, 1.807) is 19.9 Å². The molecule has 31 heavy (non-hydrogen) atoms. The van der Waals surface area contributed by atoms with Crippen molar-refractivity contribution < 1.29 is 23.1 Å². The SMILES string of the molecule is Cc1occc1C(=O)Nc1cc(NCc2cc(=O)oc3c(C)c(O)ccc23)ccc1F. The van der Waals surface area contributed by atoms with Gasteiger partial charge in [-0.2, -0.15) is 0 Å². The fourth-order valence-electron chi connectivity index (χ4n) is 3.30. The van der Waals surface area contributed by atoms with E-state index in [0.29, 0.717) is 39.1 Å². The number of benzene rings is 2. The Labute approximate surface area is 176 Å². The molecule has 0 aliphatic heterocycles. The molecule has 4 rings (SSSR count). The molecule has 2 aromatic heterocycles. The van der Waals surface area contributed by atoms with Crippen LogP contribution in [-0.2, 0) is 6.54 Å². The van der Waals surface area contributed by atoms with E-state index < -0.39 is 17.3 Å². The average molecular weight is 422 g/mol. The number of aromatic hydroxyl groups is 1. The predicted octanol–water partition coefficient (Wildman–Crippen LogP) is 4.71. The van der Waals surface area contributed by atoms with Crippen molar-refractivity contribution >= 4 is 28.3 Å². The number of amides is 1. The molecule has 0 aliphatic carbocycles. The van der Waals surface area contributed by atoms with Gasteiger partial charge in [0.25, 0.3) is 5.91 Å². The maximum absolute atomic E-state index is 14.2. The highest BCUT2D eigenvalue weighted by atomic mass is 19.1. The monoisotopic (exact) mass is 422 g/mol. The lowest BCUT2D eigenvalue weighted by Crippen LogP contribution is -2.13. The van der Waals surface area contributed by atoms with Crippen molar-refractivity contribution in [1.29, 1.82) is 0 Å². The summed E-state index contributed by atoms with van der Waals surface area (Å²) < 4.78 is 24.6. The van der Waals surface area contributed by atoms with Gasteiger partial charge in [0.05, 0.1) is 17.5 Å². The van der Waals surface area contributed by atoms with Crippen molar-refractivity contribution in [3.8, 4) is 5.75 Å². The number of phenolic OH excluding ortho intramolecular Hbond substituents is 1. The minimum Gasteiger partial charge on any atom is -0.508 e. The Hall–Kier alpha value is -4.07. The molecule has 7 nitrogen and oxygen atoms in total. The van der Waals surface area contributed by atoms with E-state index in [4.69, 9.17) is 8.83 Å². The molecule has 8 heteroatoms. The first kappa shape index (κ1) is 20.2. The van der Waals surface area contributed by atoms with Crippen molar-refractivity contribution in [1.82, 2.24) is 0 Å². The summed E-state index contributed by atoms with van der Waals surface area (Å²) in [5.74, 6) is -0.600. The predicted molar refractivity (Wildman–Crippen MR) is 114 cm³/mol. The molecule has 0 aliphatic rings. The van der Waals surface area contributed by atoms with Crippen LogP contribution in [0.25, 0.3) is 11.0 Å². The fourth-order valence-corrected chi connectivity index (χ4v) is 3.30. The largest absolute Gasteiger partial charge is 0.508 e. The van der Waals surface area contributed by atoms with E-state index in [0.717, 1.165) is 0 Å². The molecule has 158 valence electrons. The molecule has 0 atom stereocenters. The second kappa shape index (κ2) is 7.98. The van der Waals surface area contributed by atoms with Gasteiger partial charge in [0.1, 0.15) is 22.9 Å². The summed E-state index contributed by atoms with van der Waals surface area (Å²) in [5, 5.41) is 16.2. The maximum atomic E-state index is 14.2. The van der Waals surface area contributed by atoms with Crippen LogP contribution in [-0.4, -0.2) is 11.0 Å². The topological polar surface area (TPSA) is 105 Å². The summed E-state index contributed by atoms with van der Waals surface area (Å²) in [7, 11) is 0. The molecule has 0 spiro atoms. The molecule has 0 bridgehead atoms. The molecule has 0 unspecified atom stereocenters. The summed E-state index contributed by atoms with van der Waals surface area (Å²) in [5.41, 5.74) is 1.76. The highest BCUT2D eigenvalue weighted by molar-refractivity contribution is 6.05. The standard InChI is InChI=1S/C23H19FN2O5/c1-12-20(27)6-4-17-14(9-21(28)31-22(12)17)11-25-15-3-5-18(24)19(10-15)26-23(29)16-7-8-30-13(16)2/h3-10,25,27H,11H2,1-2H3,(H,26,29). The van der Waals surface area contributed by atoms with Gasteiger partial charge in [0.15, 0.2) is 0 Å². The van der Waals surface area contributed by atoms with E-state index in [1.807, 2.05) is 0 Å². The Balaban J connectivity index is 1.58. The van der Waals surface area contributed by atoms with Crippen LogP contribution in [0.15, 0.2) is 62.4 Å². The van der Waals surface area contributed by atoms with Crippen molar-refractivity contribution in [3.63, 3.8) is 0 Å². The number of hydrogen-bond acceptors (Lipinski definition) is 6. The Morgan fingerprint density at radius 3 is 2.68 bits per heavy atom.